The van der Waals surface area contributed by atoms with E-state index in [1.807, 2.05) is 0 Å². The van der Waals surface area contributed by atoms with Crippen LogP contribution in [0.3, 0.4) is 0 Å². The molecule has 2 amide bonds. The summed E-state index contributed by atoms with van der Waals surface area (Å²) >= 11 is 1.65. The predicted octanol–water partition coefficient (Wildman–Crippen LogP) is 5.01. The van der Waals surface area contributed by atoms with Crippen molar-refractivity contribution in [3.05, 3.63) is 0 Å². The van der Waals surface area contributed by atoms with Crippen LogP contribution in [0.5, 0.6) is 0 Å². The van der Waals surface area contributed by atoms with Gasteiger partial charge in [-0.1, -0.05) is 77.0 Å². The molecule has 0 fully saturated rings. The number of unbranched alkanes of at least 4 members (excludes halogenated alkanes) is 13. The van der Waals surface area contributed by atoms with Crippen molar-refractivity contribution in [2.75, 3.05) is 65.9 Å². The molecule has 12 heteroatoms. The maximum Gasteiger partial charge on any atom is 0.315 e. The number of carbonyl (C=O) groups is 4. The van der Waals surface area contributed by atoms with Gasteiger partial charge in [-0.25, -0.2) is 0 Å². The lowest BCUT2D eigenvalue weighted by Crippen LogP contribution is -2.31. The number of Topliss-reactive ketones (excluding diaryl/α,β-unsaturated/α-hetero) is 1. The third kappa shape index (κ3) is 35.0. The molecule has 0 heterocycles. The van der Waals surface area contributed by atoms with Gasteiger partial charge in [0.2, 0.25) is 11.8 Å². The van der Waals surface area contributed by atoms with Gasteiger partial charge in [0.05, 0.1) is 39.6 Å². The summed E-state index contributed by atoms with van der Waals surface area (Å²) in [5.74, 6) is -0.309. The second-order valence-electron chi connectivity index (χ2n) is 10.6. The monoisotopic (exact) mass is 728 g/mol. The zero-order valence-corrected chi connectivity index (χ0v) is 28.6. The summed E-state index contributed by atoms with van der Waals surface area (Å²) in [5, 5.41) is 5.56. The van der Waals surface area contributed by atoms with Gasteiger partial charge in [0, 0.05) is 25.9 Å². The minimum Gasteiger partial charge on any atom is -0.394 e. The fraction of sp³-hybridized carbons (Fsp3) is 0.871. The quantitative estimate of drug-likeness (QED) is 0.0706. The number of carbonyl (C=O) groups excluding carboxylic acids is 4. The SMILES string of the molecule is CC(=O)COCCOCCNC(=O)COCCOCCNC(=O)CCCCCCCCCCCCCCCCC(=O)OI. The van der Waals surface area contributed by atoms with Crippen molar-refractivity contribution in [1.29, 1.82) is 0 Å². The number of hydrogen-bond donors (Lipinski definition) is 2. The van der Waals surface area contributed by atoms with E-state index in [2.05, 4.69) is 13.7 Å². The topological polar surface area (TPSA) is 138 Å². The average Bonchev–Trinajstić information content (AvgIpc) is 2.99. The summed E-state index contributed by atoms with van der Waals surface area (Å²) in [6.07, 6.45) is 17.9. The Morgan fingerprint density at radius 2 is 0.884 bits per heavy atom. The second kappa shape index (κ2) is 33.5. The van der Waals surface area contributed by atoms with Crippen molar-refractivity contribution in [2.45, 2.75) is 110 Å². The predicted molar refractivity (Wildman–Crippen MR) is 174 cm³/mol. The first kappa shape index (κ1) is 41.7. The maximum absolute atomic E-state index is 11.9. The summed E-state index contributed by atoms with van der Waals surface area (Å²) < 4.78 is 25.7. The van der Waals surface area contributed by atoms with Gasteiger partial charge in [0.1, 0.15) is 13.2 Å². The van der Waals surface area contributed by atoms with Crippen LogP contribution < -0.4 is 10.6 Å². The van der Waals surface area contributed by atoms with E-state index in [0.29, 0.717) is 65.6 Å². The highest BCUT2D eigenvalue weighted by molar-refractivity contribution is 14.1. The molecule has 0 spiro atoms. The minimum atomic E-state index is -0.229. The molecule has 0 aromatic rings. The van der Waals surface area contributed by atoms with Crippen LogP contribution in [-0.4, -0.2) is 89.5 Å². The van der Waals surface area contributed by atoms with Gasteiger partial charge in [-0.05, 0) is 19.8 Å². The highest BCUT2D eigenvalue weighted by atomic mass is 127. The largest absolute Gasteiger partial charge is 0.394 e. The van der Waals surface area contributed by atoms with E-state index in [-0.39, 0.29) is 36.8 Å². The number of nitrogens with one attached hydrogen (secondary N) is 2. The second-order valence-corrected chi connectivity index (χ2v) is 11.1. The number of hydrogen-bond acceptors (Lipinski definition) is 9. The Kier molecular flexibility index (Phi) is 32.5. The van der Waals surface area contributed by atoms with Gasteiger partial charge in [-0.2, -0.15) is 0 Å². The lowest BCUT2D eigenvalue weighted by Gasteiger charge is -2.08. The van der Waals surface area contributed by atoms with Crippen LogP contribution in [0.4, 0.5) is 0 Å². The molecule has 2 N–H and O–H groups in total. The molecule has 252 valence electrons. The Labute approximate surface area is 273 Å². The van der Waals surface area contributed by atoms with Gasteiger partial charge < -0.3 is 32.6 Å². The number of rotatable bonds is 33. The Hall–Kier alpha value is -1.35. The molecule has 0 aromatic heterocycles. The van der Waals surface area contributed by atoms with Crippen LogP contribution in [0.15, 0.2) is 0 Å². The first-order chi connectivity index (χ1) is 21.0. The smallest absolute Gasteiger partial charge is 0.315 e. The fourth-order valence-corrected chi connectivity index (χ4v) is 4.42. The van der Waals surface area contributed by atoms with Gasteiger partial charge >= 0.3 is 5.97 Å². The van der Waals surface area contributed by atoms with Crippen molar-refractivity contribution in [2.24, 2.45) is 0 Å². The number of halogens is 1. The third-order valence-corrected chi connectivity index (χ3v) is 7.03. The summed E-state index contributed by atoms with van der Waals surface area (Å²) in [6.45, 7) is 4.45. The summed E-state index contributed by atoms with van der Waals surface area (Å²) in [6, 6.07) is 0. The van der Waals surface area contributed by atoms with Crippen molar-refractivity contribution in [3.8, 4) is 0 Å². The molecule has 0 aromatic carbocycles. The van der Waals surface area contributed by atoms with Crippen molar-refractivity contribution in [1.82, 2.24) is 10.6 Å². The van der Waals surface area contributed by atoms with E-state index in [1.165, 1.54) is 71.1 Å². The van der Waals surface area contributed by atoms with Crippen molar-refractivity contribution < 1.29 is 41.2 Å². The Bertz CT molecular complexity index is 698. The molecule has 0 radical (unpaired) electrons. The van der Waals surface area contributed by atoms with E-state index in [9.17, 15) is 19.2 Å². The van der Waals surface area contributed by atoms with Crippen LogP contribution in [0.2, 0.25) is 0 Å². The van der Waals surface area contributed by atoms with Crippen LogP contribution in [0.1, 0.15) is 110 Å². The van der Waals surface area contributed by atoms with Crippen LogP contribution in [-0.2, 0) is 41.2 Å². The van der Waals surface area contributed by atoms with Crippen LogP contribution in [0.25, 0.3) is 0 Å². The third-order valence-electron chi connectivity index (χ3n) is 6.54. The van der Waals surface area contributed by atoms with Gasteiger partial charge in [-0.3, -0.25) is 19.2 Å². The lowest BCUT2D eigenvalue weighted by molar-refractivity contribution is -0.131. The lowest BCUT2D eigenvalue weighted by atomic mass is 10.0. The summed E-state index contributed by atoms with van der Waals surface area (Å²) in [7, 11) is 0. The molecular weight excluding hydrogens is 671 g/mol. The van der Waals surface area contributed by atoms with Crippen LogP contribution >= 0.6 is 23.0 Å². The highest BCUT2D eigenvalue weighted by Crippen LogP contribution is 2.14. The van der Waals surface area contributed by atoms with Crippen molar-refractivity contribution in [3.63, 3.8) is 0 Å². The molecule has 0 atom stereocenters. The Morgan fingerprint density at radius 3 is 1.35 bits per heavy atom. The summed E-state index contributed by atoms with van der Waals surface area (Å²) in [4.78, 5) is 45.4. The van der Waals surface area contributed by atoms with E-state index < -0.39 is 0 Å². The number of ether oxygens (including phenoxy) is 4. The molecular formula is C31H57IN2O9. The highest BCUT2D eigenvalue weighted by Gasteiger charge is 2.03. The maximum atomic E-state index is 11.9. The molecule has 0 rings (SSSR count). The Balaban J connectivity index is 3.26. The molecule has 43 heavy (non-hydrogen) atoms. The van der Waals surface area contributed by atoms with Gasteiger partial charge in [0.25, 0.3) is 0 Å². The molecule has 0 aliphatic heterocycles. The van der Waals surface area contributed by atoms with Gasteiger partial charge in [-0.15, -0.1) is 0 Å². The zero-order chi connectivity index (χ0) is 31.6. The normalized spacial score (nSPS) is 10.9. The van der Waals surface area contributed by atoms with E-state index in [4.69, 9.17) is 18.9 Å². The first-order valence-electron chi connectivity index (χ1n) is 16.1. The van der Waals surface area contributed by atoms with E-state index >= 15 is 0 Å². The molecule has 0 unspecified atom stereocenters. The van der Waals surface area contributed by atoms with Gasteiger partial charge in [0.15, 0.2) is 28.8 Å². The molecule has 0 saturated carbocycles. The molecule has 0 saturated heterocycles. The zero-order valence-electron chi connectivity index (χ0n) is 26.4. The van der Waals surface area contributed by atoms with Crippen LogP contribution in [0, 0.1) is 0 Å². The number of amides is 2. The standard InChI is InChI=1S/C31H57IN2O9/c1-28(35)26-41-24-22-40-21-19-34-30(37)27-42-25-23-39-20-18-33-29(36)16-14-12-10-8-6-4-2-3-5-7-9-11-13-15-17-31(38)43-32/h2-27H2,1H3,(H,33,36)(H,34,37). The molecule has 0 aliphatic carbocycles. The minimum absolute atomic E-state index is 0.0283. The molecule has 0 aliphatic rings. The fourth-order valence-electron chi connectivity index (χ4n) is 4.20. The molecule has 11 nitrogen and oxygen atoms in total. The van der Waals surface area contributed by atoms with E-state index in [0.717, 1.165) is 25.7 Å². The summed E-state index contributed by atoms with van der Waals surface area (Å²) in [5.41, 5.74) is 0. The molecule has 0 bridgehead atoms. The van der Waals surface area contributed by atoms with E-state index in [1.54, 1.807) is 23.0 Å². The average molecular weight is 729 g/mol. The first-order valence-corrected chi connectivity index (χ1v) is 17.0. The Morgan fingerprint density at radius 1 is 0.488 bits per heavy atom. The van der Waals surface area contributed by atoms with Crippen molar-refractivity contribution >= 4 is 46.6 Å². The number of ketones is 1.